The van der Waals surface area contributed by atoms with Crippen LogP contribution >= 0.6 is 23.2 Å². The van der Waals surface area contributed by atoms with Gasteiger partial charge < -0.3 is 14.8 Å². The molecule has 0 spiro atoms. The number of hydrogen-bond donors (Lipinski definition) is 2. The quantitative estimate of drug-likeness (QED) is 0.485. The number of nitrogens with zero attached hydrogens (tertiary/aromatic N) is 1. The molecule has 0 bridgehead atoms. The lowest BCUT2D eigenvalue weighted by Crippen LogP contribution is -2.38. The van der Waals surface area contributed by atoms with Gasteiger partial charge in [-0.1, -0.05) is 23.2 Å². The summed E-state index contributed by atoms with van der Waals surface area (Å²) in [6.45, 7) is 4.69. The van der Waals surface area contributed by atoms with Gasteiger partial charge in [0.1, 0.15) is 5.75 Å². The van der Waals surface area contributed by atoms with Gasteiger partial charge in [-0.15, -0.1) is 0 Å². The van der Waals surface area contributed by atoms with E-state index in [4.69, 9.17) is 32.7 Å². The van der Waals surface area contributed by atoms with Crippen LogP contribution in [0, 0.1) is 0 Å². The van der Waals surface area contributed by atoms with Crippen molar-refractivity contribution in [1.29, 1.82) is 0 Å². The third-order valence-electron chi connectivity index (χ3n) is 4.75. The molecule has 1 saturated heterocycles. The molecular weight excluding hydrogens is 477 g/mol. The van der Waals surface area contributed by atoms with Gasteiger partial charge in [-0.25, -0.2) is 8.42 Å². The number of carbonyl (C=O) groups is 1. The minimum Gasteiger partial charge on any atom is -0.484 e. The van der Waals surface area contributed by atoms with Crippen molar-refractivity contribution in [3.8, 4) is 5.75 Å². The average Bonchev–Trinajstić information content (AvgIpc) is 2.78. The van der Waals surface area contributed by atoms with Crippen LogP contribution < -0.4 is 14.8 Å². The second kappa shape index (κ2) is 11.7. The molecule has 1 amide bonds. The van der Waals surface area contributed by atoms with Crippen molar-refractivity contribution >= 4 is 44.8 Å². The second-order valence-corrected chi connectivity index (χ2v) is 9.65. The molecular formula is C21H25Cl2N3O5S. The van der Waals surface area contributed by atoms with Crippen molar-refractivity contribution in [3.63, 3.8) is 0 Å². The third kappa shape index (κ3) is 7.53. The molecule has 1 aliphatic rings. The van der Waals surface area contributed by atoms with Crippen LogP contribution in [0.15, 0.2) is 47.4 Å². The minimum absolute atomic E-state index is 0.0449. The molecule has 0 unspecified atom stereocenters. The summed E-state index contributed by atoms with van der Waals surface area (Å²) in [5.41, 5.74) is 0.296. The number of ether oxygens (including phenoxy) is 2. The largest absolute Gasteiger partial charge is 0.484 e. The lowest BCUT2D eigenvalue weighted by Gasteiger charge is -2.26. The number of amides is 1. The normalized spacial score (nSPS) is 14.7. The Morgan fingerprint density at radius 2 is 1.78 bits per heavy atom. The first-order valence-electron chi connectivity index (χ1n) is 10.1. The average molecular weight is 502 g/mol. The number of sulfonamides is 1. The van der Waals surface area contributed by atoms with E-state index in [9.17, 15) is 13.2 Å². The summed E-state index contributed by atoms with van der Waals surface area (Å²) >= 11 is 11.8. The van der Waals surface area contributed by atoms with Gasteiger partial charge in [0.2, 0.25) is 0 Å². The number of nitrogens with one attached hydrogen (secondary N) is 2. The highest BCUT2D eigenvalue weighted by Gasteiger charge is 2.15. The number of carbonyl (C=O) groups excluding carboxylic acids is 1. The summed E-state index contributed by atoms with van der Waals surface area (Å²) < 4.78 is 38.3. The zero-order valence-electron chi connectivity index (χ0n) is 17.4. The van der Waals surface area contributed by atoms with Crippen molar-refractivity contribution in [3.05, 3.63) is 52.5 Å². The summed E-state index contributed by atoms with van der Waals surface area (Å²) in [4.78, 5) is 14.3. The lowest BCUT2D eigenvalue weighted by molar-refractivity contribution is -0.123. The van der Waals surface area contributed by atoms with Crippen LogP contribution in [0.2, 0.25) is 10.0 Å². The number of rotatable bonds is 10. The molecule has 2 aromatic carbocycles. The van der Waals surface area contributed by atoms with E-state index in [0.717, 1.165) is 39.3 Å². The SMILES string of the molecule is O=C(COc1ccc(S(=O)(=O)Nc2ccc(Cl)c(Cl)c2)cc1)NCCCN1CCOCC1. The van der Waals surface area contributed by atoms with Crippen molar-refractivity contribution in [2.45, 2.75) is 11.3 Å². The summed E-state index contributed by atoms with van der Waals surface area (Å²) in [5.74, 6) is 0.159. The molecule has 2 aromatic rings. The van der Waals surface area contributed by atoms with E-state index in [1.807, 2.05) is 0 Å². The summed E-state index contributed by atoms with van der Waals surface area (Å²) in [6, 6.07) is 10.2. The summed E-state index contributed by atoms with van der Waals surface area (Å²) in [5, 5.41) is 3.39. The zero-order chi connectivity index (χ0) is 23.0. The maximum Gasteiger partial charge on any atom is 0.261 e. The predicted molar refractivity (Wildman–Crippen MR) is 124 cm³/mol. The summed E-state index contributed by atoms with van der Waals surface area (Å²) in [6.07, 6.45) is 0.851. The third-order valence-corrected chi connectivity index (χ3v) is 6.89. The minimum atomic E-state index is -3.81. The molecule has 1 aliphatic heterocycles. The van der Waals surface area contributed by atoms with Crippen LogP contribution in [0.25, 0.3) is 0 Å². The molecule has 2 N–H and O–H groups in total. The smallest absolute Gasteiger partial charge is 0.261 e. The Labute approximate surface area is 197 Å². The molecule has 0 saturated carbocycles. The van der Waals surface area contributed by atoms with E-state index < -0.39 is 10.0 Å². The molecule has 8 nitrogen and oxygen atoms in total. The standard InChI is InChI=1S/C21H25Cl2N3O5S/c22-19-7-2-16(14-20(19)23)25-32(28,29)18-5-3-17(4-6-18)31-15-21(27)24-8-1-9-26-10-12-30-13-11-26/h2-7,14,25H,1,8-13,15H2,(H,24,27). The number of anilines is 1. The Bertz CT molecular complexity index is 1010. The van der Waals surface area contributed by atoms with Crippen molar-refractivity contribution in [1.82, 2.24) is 10.2 Å². The van der Waals surface area contributed by atoms with Gasteiger partial charge in [-0.2, -0.15) is 0 Å². The second-order valence-electron chi connectivity index (χ2n) is 7.15. The molecule has 32 heavy (non-hydrogen) atoms. The Kier molecular flexibility index (Phi) is 9.01. The number of benzene rings is 2. The van der Waals surface area contributed by atoms with E-state index in [2.05, 4.69) is 14.9 Å². The van der Waals surface area contributed by atoms with Crippen molar-refractivity contribution in [2.24, 2.45) is 0 Å². The highest BCUT2D eigenvalue weighted by atomic mass is 35.5. The van der Waals surface area contributed by atoms with Gasteiger partial charge in [0.15, 0.2) is 6.61 Å². The van der Waals surface area contributed by atoms with Crippen molar-refractivity contribution < 1.29 is 22.7 Å². The van der Waals surface area contributed by atoms with E-state index >= 15 is 0 Å². The van der Waals surface area contributed by atoms with E-state index in [-0.39, 0.29) is 22.4 Å². The molecule has 1 fully saturated rings. The highest BCUT2D eigenvalue weighted by Crippen LogP contribution is 2.27. The Hall–Kier alpha value is -2.04. The van der Waals surface area contributed by atoms with Gasteiger partial charge in [0.05, 0.1) is 33.8 Å². The molecule has 3 rings (SSSR count). The Balaban J connectivity index is 1.42. The van der Waals surface area contributed by atoms with Gasteiger partial charge in [-0.05, 0) is 55.4 Å². The first-order valence-corrected chi connectivity index (χ1v) is 12.3. The van der Waals surface area contributed by atoms with Crippen LogP contribution in [0.5, 0.6) is 5.75 Å². The van der Waals surface area contributed by atoms with Crippen LogP contribution in [0.4, 0.5) is 5.69 Å². The number of halogens is 2. The Morgan fingerprint density at radius 3 is 2.47 bits per heavy atom. The van der Waals surface area contributed by atoms with Crippen molar-refractivity contribution in [2.75, 3.05) is 50.7 Å². The summed E-state index contributed by atoms with van der Waals surface area (Å²) in [7, 11) is -3.81. The fourth-order valence-electron chi connectivity index (χ4n) is 3.04. The van der Waals surface area contributed by atoms with E-state index in [1.165, 1.54) is 42.5 Å². The fourth-order valence-corrected chi connectivity index (χ4v) is 4.39. The topological polar surface area (TPSA) is 97.0 Å². The van der Waals surface area contributed by atoms with Crippen LogP contribution in [0.1, 0.15) is 6.42 Å². The van der Waals surface area contributed by atoms with Crippen LogP contribution in [-0.4, -0.2) is 65.2 Å². The molecule has 174 valence electrons. The number of hydrogen-bond acceptors (Lipinski definition) is 6. The molecule has 11 heteroatoms. The first-order chi connectivity index (χ1) is 15.3. The van der Waals surface area contributed by atoms with Crippen LogP contribution in [-0.2, 0) is 19.6 Å². The molecule has 0 radical (unpaired) electrons. The maximum absolute atomic E-state index is 12.5. The van der Waals surface area contributed by atoms with Gasteiger partial charge in [-0.3, -0.25) is 14.4 Å². The van der Waals surface area contributed by atoms with Gasteiger partial charge >= 0.3 is 0 Å². The Morgan fingerprint density at radius 1 is 1.06 bits per heavy atom. The van der Waals surface area contributed by atoms with Gasteiger partial charge in [0.25, 0.3) is 15.9 Å². The van der Waals surface area contributed by atoms with Crippen LogP contribution in [0.3, 0.4) is 0 Å². The van der Waals surface area contributed by atoms with Gasteiger partial charge in [0, 0.05) is 19.6 Å². The maximum atomic E-state index is 12.5. The van der Waals surface area contributed by atoms with E-state index in [0.29, 0.717) is 23.0 Å². The molecule has 1 heterocycles. The molecule has 0 aromatic heterocycles. The number of morpholine rings is 1. The monoisotopic (exact) mass is 501 g/mol. The van der Waals surface area contributed by atoms with E-state index in [1.54, 1.807) is 0 Å². The lowest BCUT2D eigenvalue weighted by atomic mass is 10.3. The molecule has 0 aliphatic carbocycles. The highest BCUT2D eigenvalue weighted by molar-refractivity contribution is 7.92. The fraction of sp³-hybridized carbons (Fsp3) is 0.381. The molecule has 0 atom stereocenters. The first kappa shape index (κ1) is 24.6. The zero-order valence-corrected chi connectivity index (χ0v) is 19.7. The predicted octanol–water partition coefficient (Wildman–Crippen LogP) is 3.01.